The predicted octanol–water partition coefficient (Wildman–Crippen LogP) is 1.73. The number of Topliss-reactive ketones (excluding diaryl/α,β-unsaturated/α-hetero) is 1. The van der Waals surface area contributed by atoms with E-state index in [0.29, 0.717) is 10.8 Å². The summed E-state index contributed by atoms with van der Waals surface area (Å²) in [5.41, 5.74) is 4.52. The number of oxime groups is 1. The summed E-state index contributed by atoms with van der Waals surface area (Å²) in [4.78, 5) is 39.5. The van der Waals surface area contributed by atoms with Crippen molar-refractivity contribution in [3.8, 4) is 11.6 Å². The van der Waals surface area contributed by atoms with Crippen molar-refractivity contribution >= 4 is 44.3 Å². The molecular formula is C25H32N7O8S2+. The van der Waals surface area contributed by atoms with Crippen molar-refractivity contribution in [1.29, 1.82) is 0 Å². The number of nitrogen functional groups attached to an aromatic ring is 1. The third kappa shape index (κ3) is 7.47. The summed E-state index contributed by atoms with van der Waals surface area (Å²) in [7, 11) is -4.92. The van der Waals surface area contributed by atoms with Crippen LogP contribution >= 0.6 is 11.3 Å². The van der Waals surface area contributed by atoms with Gasteiger partial charge in [0.2, 0.25) is 12.1 Å². The standard InChI is InChI=1S/C25H31N7O8S2/c1-4-5-8-30-9-10-31(16-30)21-7-6-17(14-27-21)38-11-12-39-29-22(19-15-41-24(26)28-19)20(33)13-18-23(34)32(25(18,2)3)40-42(35,36)37/h6-7,9-10,14-16,18H,4-5,8,11-13H2,1-3H3,(H2-,26,28,35,36,37)/p+1/b29-22-/t18-/m1/s1. The van der Waals surface area contributed by atoms with Gasteiger partial charge in [-0.1, -0.05) is 18.5 Å². The molecule has 1 atom stereocenters. The van der Waals surface area contributed by atoms with E-state index in [1.165, 1.54) is 19.2 Å². The van der Waals surface area contributed by atoms with Gasteiger partial charge in [0.15, 0.2) is 23.2 Å². The summed E-state index contributed by atoms with van der Waals surface area (Å²) in [5.74, 6) is -1.06. The maximum Gasteiger partial charge on any atom is 0.418 e. The van der Waals surface area contributed by atoms with E-state index in [1.54, 1.807) is 12.3 Å². The van der Waals surface area contributed by atoms with Crippen LogP contribution in [0.4, 0.5) is 5.13 Å². The Morgan fingerprint density at radius 3 is 2.71 bits per heavy atom. The van der Waals surface area contributed by atoms with Crippen molar-refractivity contribution in [1.82, 2.24) is 19.6 Å². The van der Waals surface area contributed by atoms with E-state index in [4.69, 9.17) is 19.9 Å². The van der Waals surface area contributed by atoms with Crippen molar-refractivity contribution in [2.75, 3.05) is 18.9 Å². The molecule has 0 spiro atoms. The Bertz CT molecular complexity index is 1550. The number of aromatic nitrogens is 4. The first kappa shape index (κ1) is 31.0. The number of pyridine rings is 1. The quantitative estimate of drug-likeness (QED) is 0.0626. The van der Waals surface area contributed by atoms with E-state index in [-0.39, 0.29) is 36.2 Å². The van der Waals surface area contributed by atoms with Crippen LogP contribution in [0.3, 0.4) is 0 Å². The molecule has 0 saturated carbocycles. The van der Waals surface area contributed by atoms with Gasteiger partial charge in [0.25, 0.3) is 5.91 Å². The lowest BCUT2D eigenvalue weighted by Crippen LogP contribution is -2.68. The molecule has 1 amide bonds. The molecule has 4 rings (SSSR count). The Morgan fingerprint density at radius 2 is 2.10 bits per heavy atom. The molecular weight excluding hydrogens is 590 g/mol. The van der Waals surface area contributed by atoms with Crippen LogP contribution in [0.1, 0.15) is 45.7 Å². The van der Waals surface area contributed by atoms with Gasteiger partial charge in [-0.25, -0.2) is 14.5 Å². The van der Waals surface area contributed by atoms with Crippen LogP contribution in [0, 0.1) is 5.92 Å². The molecule has 226 valence electrons. The van der Waals surface area contributed by atoms with Crippen molar-refractivity contribution in [3.63, 3.8) is 0 Å². The van der Waals surface area contributed by atoms with Crippen LogP contribution in [0.5, 0.6) is 5.75 Å². The Kier molecular flexibility index (Phi) is 9.55. The molecule has 0 bridgehead atoms. The van der Waals surface area contributed by atoms with Gasteiger partial charge < -0.3 is 15.3 Å². The molecule has 1 aliphatic rings. The maximum absolute atomic E-state index is 13.2. The van der Waals surface area contributed by atoms with Crippen LogP contribution in [0.25, 0.3) is 5.82 Å². The Hall–Kier alpha value is -3.93. The highest BCUT2D eigenvalue weighted by Crippen LogP contribution is 2.40. The fraction of sp³-hybridized carbons (Fsp3) is 0.440. The summed E-state index contributed by atoms with van der Waals surface area (Å²) >= 11 is 1.09. The van der Waals surface area contributed by atoms with Gasteiger partial charge in [0, 0.05) is 17.9 Å². The number of hydroxylamine groups is 2. The van der Waals surface area contributed by atoms with Crippen LogP contribution in [0.2, 0.25) is 0 Å². The monoisotopic (exact) mass is 622 g/mol. The zero-order chi connectivity index (χ0) is 30.5. The largest absolute Gasteiger partial charge is 0.488 e. The summed E-state index contributed by atoms with van der Waals surface area (Å²) < 4.78 is 45.1. The number of unbranched alkanes of at least 4 members (excludes halogenated alkanes) is 1. The number of nitrogens with two attached hydrogens (primary N) is 1. The molecule has 3 aromatic heterocycles. The Morgan fingerprint density at radius 1 is 1.31 bits per heavy atom. The molecule has 4 heterocycles. The maximum atomic E-state index is 13.2. The highest BCUT2D eigenvalue weighted by atomic mass is 32.3. The van der Waals surface area contributed by atoms with Crippen molar-refractivity contribution in [3.05, 3.63) is 48.1 Å². The zero-order valence-electron chi connectivity index (χ0n) is 23.2. The lowest BCUT2D eigenvalue weighted by Gasteiger charge is -2.50. The number of rotatable bonds is 15. The molecule has 0 unspecified atom stereocenters. The molecule has 15 nitrogen and oxygen atoms in total. The van der Waals surface area contributed by atoms with Gasteiger partial charge >= 0.3 is 10.4 Å². The van der Waals surface area contributed by atoms with Gasteiger partial charge in [0.1, 0.15) is 30.4 Å². The number of hydrogen-bond donors (Lipinski definition) is 2. The lowest BCUT2D eigenvalue weighted by atomic mass is 9.74. The molecule has 0 radical (unpaired) electrons. The smallest absolute Gasteiger partial charge is 0.418 e. The van der Waals surface area contributed by atoms with Gasteiger partial charge in [-0.2, -0.15) is 18.0 Å². The first-order chi connectivity index (χ1) is 19.9. The number of ketones is 1. The second kappa shape index (κ2) is 12.9. The van der Waals surface area contributed by atoms with E-state index in [2.05, 4.69) is 30.9 Å². The minimum absolute atomic E-state index is 0.0169. The topological polar surface area (TPSA) is 192 Å². The van der Waals surface area contributed by atoms with E-state index < -0.39 is 33.5 Å². The van der Waals surface area contributed by atoms with Crippen molar-refractivity contribution in [2.45, 2.75) is 52.1 Å². The molecule has 1 fully saturated rings. The number of nitrogens with zero attached hydrogens (tertiary/aromatic N) is 6. The summed E-state index contributed by atoms with van der Waals surface area (Å²) in [5, 5.41) is 6.18. The minimum Gasteiger partial charge on any atom is -0.488 e. The fourth-order valence-electron chi connectivity index (χ4n) is 4.21. The van der Waals surface area contributed by atoms with Crippen LogP contribution in [-0.4, -0.2) is 68.7 Å². The SMILES string of the molecule is CCCC[n+]1ccn(-c2ccc(OCCO/N=C(\C(=O)C[C@@H]3C(=O)N(OS(=O)(=O)O)C3(C)C)c3csc(N)n3)cn2)c1. The first-order valence-corrected chi connectivity index (χ1v) is 15.3. The highest BCUT2D eigenvalue weighted by Gasteiger charge is 2.57. The van der Waals surface area contributed by atoms with Gasteiger partial charge in [-0.15, -0.1) is 15.6 Å². The predicted molar refractivity (Wildman–Crippen MR) is 150 cm³/mol. The Balaban J connectivity index is 1.33. The molecule has 17 heteroatoms. The number of ether oxygens (including phenoxy) is 1. The molecule has 1 saturated heterocycles. The van der Waals surface area contributed by atoms with Gasteiger partial charge in [-0.3, -0.25) is 14.1 Å². The number of anilines is 1. The van der Waals surface area contributed by atoms with Crippen LogP contribution < -0.4 is 15.0 Å². The molecule has 3 N–H and O–H groups in total. The lowest BCUT2D eigenvalue weighted by molar-refractivity contribution is -0.696. The summed E-state index contributed by atoms with van der Waals surface area (Å²) in [6.07, 6.45) is 9.37. The molecule has 0 aromatic carbocycles. The normalized spacial score (nSPS) is 16.8. The number of β-lactam (4-membered cyclic amide) rings is 1. The van der Waals surface area contributed by atoms with E-state index in [9.17, 15) is 18.0 Å². The van der Waals surface area contributed by atoms with Crippen molar-refractivity contribution in [2.24, 2.45) is 11.1 Å². The zero-order valence-corrected chi connectivity index (χ0v) is 24.9. The number of imidazole rings is 1. The molecule has 42 heavy (non-hydrogen) atoms. The van der Waals surface area contributed by atoms with Gasteiger partial charge in [0.05, 0.1) is 24.2 Å². The molecule has 0 aliphatic carbocycles. The third-order valence-electron chi connectivity index (χ3n) is 6.51. The fourth-order valence-corrected chi connectivity index (χ4v) is 5.21. The minimum atomic E-state index is -4.92. The van der Waals surface area contributed by atoms with Gasteiger partial charge in [-0.05, 0) is 26.3 Å². The number of amides is 1. The summed E-state index contributed by atoms with van der Waals surface area (Å²) in [6, 6.07) is 3.61. The highest BCUT2D eigenvalue weighted by molar-refractivity contribution is 7.80. The number of hydrogen-bond acceptors (Lipinski definition) is 12. The third-order valence-corrected chi connectivity index (χ3v) is 7.52. The van der Waals surface area contributed by atoms with Crippen LogP contribution in [-0.2, 0) is 35.7 Å². The van der Waals surface area contributed by atoms with E-state index in [0.717, 1.165) is 36.5 Å². The van der Waals surface area contributed by atoms with E-state index >= 15 is 0 Å². The number of carbonyl (C=O) groups is 2. The van der Waals surface area contributed by atoms with Crippen LogP contribution in [0.15, 0.2) is 47.6 Å². The first-order valence-electron chi connectivity index (χ1n) is 13.0. The average Bonchev–Trinajstić information content (AvgIpc) is 3.60. The number of carbonyl (C=O) groups excluding carboxylic acids is 2. The second-order valence-corrected chi connectivity index (χ2v) is 11.8. The second-order valence-electron chi connectivity index (χ2n) is 9.93. The number of thiazole rings is 1. The summed E-state index contributed by atoms with van der Waals surface area (Å²) in [6.45, 7) is 6.16. The Labute approximate surface area is 246 Å². The number of aryl methyl sites for hydroxylation is 1. The average molecular weight is 623 g/mol. The molecule has 1 aliphatic heterocycles. The molecule has 3 aromatic rings. The van der Waals surface area contributed by atoms with Crippen molar-refractivity contribution < 1.29 is 41.0 Å². The van der Waals surface area contributed by atoms with E-state index in [1.807, 2.05) is 29.4 Å².